The number of esters is 2. The van der Waals surface area contributed by atoms with Crippen molar-refractivity contribution in [3.8, 4) is 0 Å². The fourth-order valence-electron chi connectivity index (χ4n) is 1.91. The van der Waals surface area contributed by atoms with E-state index >= 15 is 0 Å². The topological polar surface area (TPSA) is 71.1 Å². The lowest BCUT2D eigenvalue weighted by atomic mass is 10.1. The Kier molecular flexibility index (Phi) is 6.41. The third-order valence-corrected chi connectivity index (χ3v) is 8.68. The van der Waals surface area contributed by atoms with Crippen molar-refractivity contribution in [1.82, 2.24) is 0 Å². The van der Waals surface area contributed by atoms with Crippen LogP contribution in [-0.4, -0.2) is 45.2 Å². The van der Waals surface area contributed by atoms with Gasteiger partial charge >= 0.3 is 11.9 Å². The summed E-state index contributed by atoms with van der Waals surface area (Å²) in [6, 6.07) is 0. The van der Waals surface area contributed by atoms with Crippen molar-refractivity contribution in [2.75, 3.05) is 6.61 Å². The largest absolute Gasteiger partial charge is 0.492 e. The number of ether oxygens (including phenoxy) is 3. The van der Waals surface area contributed by atoms with E-state index in [1.807, 2.05) is 0 Å². The average Bonchev–Trinajstić information content (AvgIpc) is 2.36. The lowest BCUT2D eigenvalue weighted by Gasteiger charge is -2.43. The molecule has 132 valence electrons. The Bertz CT molecular complexity index is 466. The zero-order valence-electron chi connectivity index (χ0n) is 15.0. The van der Waals surface area contributed by atoms with Gasteiger partial charge < -0.3 is 18.6 Å². The summed E-state index contributed by atoms with van der Waals surface area (Å²) in [5, 5.41) is -0.0130. The maximum absolute atomic E-state index is 11.4. The van der Waals surface area contributed by atoms with E-state index in [-0.39, 0.29) is 11.6 Å². The molecular formula is C16H28O6Si. The van der Waals surface area contributed by atoms with Crippen LogP contribution in [0.2, 0.25) is 18.1 Å². The highest BCUT2D eigenvalue weighted by molar-refractivity contribution is 6.74. The van der Waals surface area contributed by atoms with Gasteiger partial charge in [-0.05, 0) is 24.2 Å². The number of hydrogen-bond donors (Lipinski definition) is 0. The molecule has 0 bridgehead atoms. The quantitative estimate of drug-likeness (QED) is 0.564. The molecule has 0 fully saturated rings. The summed E-state index contributed by atoms with van der Waals surface area (Å²) in [6.07, 6.45) is 1.54. The summed E-state index contributed by atoms with van der Waals surface area (Å²) in [4.78, 5) is 22.4. The van der Waals surface area contributed by atoms with Gasteiger partial charge in [-0.2, -0.15) is 0 Å². The van der Waals surface area contributed by atoms with Gasteiger partial charge in [-0.1, -0.05) is 20.8 Å². The minimum absolute atomic E-state index is 0.0130. The Morgan fingerprint density at radius 3 is 2.26 bits per heavy atom. The molecule has 0 saturated carbocycles. The van der Waals surface area contributed by atoms with Crippen molar-refractivity contribution in [3.63, 3.8) is 0 Å². The standard InChI is InChI=1S/C16H28O6Si/c1-11(17)20-10-14-15(22-23(6,7)16(3,4)5)13(8-9-19-14)21-12(2)18/h8-9,13-15H,10H2,1-7H3/t13-,14-,15+/m1/s1. The Morgan fingerprint density at radius 2 is 1.78 bits per heavy atom. The van der Waals surface area contributed by atoms with Crippen LogP contribution in [0.4, 0.5) is 0 Å². The van der Waals surface area contributed by atoms with Crippen LogP contribution in [0, 0.1) is 0 Å². The lowest BCUT2D eigenvalue weighted by Crippen LogP contribution is -2.54. The molecule has 1 aliphatic heterocycles. The monoisotopic (exact) mass is 344 g/mol. The van der Waals surface area contributed by atoms with Gasteiger partial charge in [-0.15, -0.1) is 0 Å². The molecule has 6 nitrogen and oxygen atoms in total. The maximum Gasteiger partial charge on any atom is 0.303 e. The first-order chi connectivity index (χ1) is 10.4. The van der Waals surface area contributed by atoms with Crippen LogP contribution in [0.3, 0.4) is 0 Å². The first kappa shape index (κ1) is 19.7. The van der Waals surface area contributed by atoms with Crippen LogP contribution in [0.5, 0.6) is 0 Å². The van der Waals surface area contributed by atoms with Crippen LogP contribution >= 0.6 is 0 Å². The van der Waals surface area contributed by atoms with Crippen LogP contribution in [0.25, 0.3) is 0 Å². The van der Waals surface area contributed by atoms with E-state index in [1.54, 1.807) is 6.08 Å². The summed E-state index contributed by atoms with van der Waals surface area (Å²) in [7, 11) is -2.13. The molecular weight excluding hydrogens is 316 g/mol. The minimum Gasteiger partial charge on any atom is -0.492 e. The molecule has 1 rings (SSSR count). The van der Waals surface area contributed by atoms with E-state index in [0.717, 1.165) is 0 Å². The molecule has 0 radical (unpaired) electrons. The Morgan fingerprint density at radius 1 is 1.17 bits per heavy atom. The average molecular weight is 344 g/mol. The zero-order valence-corrected chi connectivity index (χ0v) is 16.0. The van der Waals surface area contributed by atoms with E-state index in [4.69, 9.17) is 18.6 Å². The van der Waals surface area contributed by atoms with Gasteiger partial charge in [0.2, 0.25) is 0 Å². The highest BCUT2D eigenvalue weighted by atomic mass is 28.4. The van der Waals surface area contributed by atoms with E-state index in [2.05, 4.69) is 33.9 Å². The molecule has 7 heteroatoms. The Hall–Kier alpha value is -1.34. The first-order valence-electron chi connectivity index (χ1n) is 7.74. The predicted octanol–water partition coefficient (Wildman–Crippen LogP) is 2.78. The van der Waals surface area contributed by atoms with Gasteiger partial charge in [0, 0.05) is 13.8 Å². The number of hydrogen-bond acceptors (Lipinski definition) is 6. The first-order valence-corrected chi connectivity index (χ1v) is 10.7. The van der Waals surface area contributed by atoms with Crippen molar-refractivity contribution in [1.29, 1.82) is 0 Å². The van der Waals surface area contributed by atoms with E-state index in [9.17, 15) is 9.59 Å². The molecule has 0 aliphatic carbocycles. The summed E-state index contributed by atoms with van der Waals surface area (Å²) >= 11 is 0. The predicted molar refractivity (Wildman–Crippen MR) is 88.3 cm³/mol. The smallest absolute Gasteiger partial charge is 0.303 e. The van der Waals surface area contributed by atoms with E-state index in [0.29, 0.717) is 0 Å². The summed E-state index contributed by atoms with van der Waals surface area (Å²) in [6.45, 7) is 13.3. The Labute approximate surface area is 139 Å². The molecule has 23 heavy (non-hydrogen) atoms. The second kappa shape index (κ2) is 7.48. The second-order valence-corrected chi connectivity index (χ2v) is 12.0. The molecule has 0 aromatic carbocycles. The second-order valence-electron chi connectivity index (χ2n) is 7.22. The third kappa shape index (κ3) is 5.66. The zero-order chi connectivity index (χ0) is 17.8. The maximum atomic E-state index is 11.4. The molecule has 1 heterocycles. The van der Waals surface area contributed by atoms with Crippen LogP contribution in [-0.2, 0) is 28.2 Å². The molecule has 3 atom stereocenters. The van der Waals surface area contributed by atoms with Crippen molar-refractivity contribution in [3.05, 3.63) is 12.3 Å². The van der Waals surface area contributed by atoms with Crippen molar-refractivity contribution < 1.29 is 28.2 Å². The minimum atomic E-state index is -2.13. The van der Waals surface area contributed by atoms with Gasteiger partial charge in [0.05, 0.1) is 6.26 Å². The highest BCUT2D eigenvalue weighted by Gasteiger charge is 2.45. The number of carbonyl (C=O) groups excluding carboxylic acids is 2. The normalized spacial score (nSPS) is 24.7. The van der Waals surface area contributed by atoms with Gasteiger partial charge in [0.1, 0.15) is 12.7 Å². The fraction of sp³-hybridized carbons (Fsp3) is 0.750. The SMILES string of the molecule is CC(=O)OC[C@H]1OC=C[C@@H](OC(C)=O)[C@@H]1O[Si](C)(C)C(C)(C)C. The number of rotatable bonds is 5. The summed E-state index contributed by atoms with van der Waals surface area (Å²) < 4.78 is 22.4. The van der Waals surface area contributed by atoms with Crippen molar-refractivity contribution in [2.24, 2.45) is 0 Å². The van der Waals surface area contributed by atoms with Gasteiger partial charge in [-0.25, -0.2) is 0 Å². The lowest BCUT2D eigenvalue weighted by molar-refractivity contribution is -0.161. The summed E-state index contributed by atoms with van der Waals surface area (Å²) in [5.74, 6) is -0.783. The molecule has 0 unspecified atom stereocenters. The van der Waals surface area contributed by atoms with Gasteiger partial charge in [0.25, 0.3) is 0 Å². The molecule has 0 aromatic rings. The van der Waals surface area contributed by atoms with Crippen molar-refractivity contribution >= 4 is 20.3 Å². The third-order valence-electron chi connectivity index (χ3n) is 4.20. The van der Waals surface area contributed by atoms with Gasteiger partial charge in [-0.3, -0.25) is 9.59 Å². The molecule has 0 amide bonds. The summed E-state index contributed by atoms with van der Waals surface area (Å²) in [5.41, 5.74) is 0. The van der Waals surface area contributed by atoms with Crippen LogP contribution < -0.4 is 0 Å². The fourth-order valence-corrected chi connectivity index (χ4v) is 3.23. The molecule has 0 saturated heterocycles. The van der Waals surface area contributed by atoms with Crippen LogP contribution in [0.15, 0.2) is 12.3 Å². The Balaban J connectivity index is 2.99. The van der Waals surface area contributed by atoms with E-state index < -0.39 is 38.6 Å². The molecule has 0 aromatic heterocycles. The van der Waals surface area contributed by atoms with Crippen molar-refractivity contribution in [2.45, 2.75) is 71.1 Å². The van der Waals surface area contributed by atoms with E-state index in [1.165, 1.54) is 20.1 Å². The van der Waals surface area contributed by atoms with Gasteiger partial charge in [0.15, 0.2) is 20.5 Å². The van der Waals surface area contributed by atoms with Crippen LogP contribution in [0.1, 0.15) is 34.6 Å². The number of carbonyl (C=O) groups is 2. The molecule has 1 aliphatic rings. The molecule has 0 spiro atoms. The highest BCUT2D eigenvalue weighted by Crippen LogP contribution is 2.39. The molecule has 0 N–H and O–H groups in total.